The summed E-state index contributed by atoms with van der Waals surface area (Å²) < 4.78 is 0. The van der Waals surface area contributed by atoms with Crippen LogP contribution in [0.4, 0.5) is 5.69 Å². The lowest BCUT2D eigenvalue weighted by molar-refractivity contribution is -0.125. The van der Waals surface area contributed by atoms with E-state index in [4.69, 9.17) is 0 Å². The van der Waals surface area contributed by atoms with E-state index in [0.29, 0.717) is 19.0 Å². The summed E-state index contributed by atoms with van der Waals surface area (Å²) in [4.78, 5) is 26.3. The summed E-state index contributed by atoms with van der Waals surface area (Å²) in [6.07, 6.45) is 1.01. The maximum Gasteiger partial charge on any atom is 0.241 e. The van der Waals surface area contributed by atoms with Crippen molar-refractivity contribution in [3.8, 4) is 0 Å². The first-order chi connectivity index (χ1) is 11.4. The van der Waals surface area contributed by atoms with Crippen LogP contribution in [0.2, 0.25) is 0 Å². The second-order valence-corrected chi connectivity index (χ2v) is 6.08. The molecule has 0 saturated heterocycles. The third-order valence-corrected chi connectivity index (χ3v) is 4.42. The lowest BCUT2D eigenvalue weighted by Crippen LogP contribution is -2.46. The zero-order valence-electron chi connectivity index (χ0n) is 15.6. The van der Waals surface area contributed by atoms with E-state index in [0.717, 1.165) is 17.7 Å². The number of benzene rings is 1. The highest BCUT2D eigenvalue weighted by Gasteiger charge is 2.23. The number of anilines is 1. The van der Waals surface area contributed by atoms with Crippen molar-refractivity contribution in [3.05, 3.63) is 29.8 Å². The van der Waals surface area contributed by atoms with Crippen LogP contribution in [-0.4, -0.2) is 42.4 Å². The highest BCUT2D eigenvalue weighted by Crippen LogP contribution is 2.26. The molecule has 0 heterocycles. The summed E-state index contributed by atoms with van der Waals surface area (Å²) >= 11 is 0. The molecule has 2 amide bonds. The number of amides is 2. The van der Waals surface area contributed by atoms with Crippen LogP contribution in [-0.2, 0) is 9.59 Å². The second-order valence-electron chi connectivity index (χ2n) is 6.08. The van der Waals surface area contributed by atoms with Crippen LogP contribution in [0.5, 0.6) is 0 Å². The minimum absolute atomic E-state index is 0.0565. The molecule has 1 rings (SSSR count). The summed E-state index contributed by atoms with van der Waals surface area (Å²) in [5.74, 6) is 0.241. The number of hydrogen-bond donors (Lipinski definition) is 2. The monoisotopic (exact) mass is 333 g/mol. The Balaban J connectivity index is 2.81. The van der Waals surface area contributed by atoms with Crippen molar-refractivity contribution in [3.63, 3.8) is 0 Å². The molecule has 24 heavy (non-hydrogen) atoms. The first-order valence-electron chi connectivity index (χ1n) is 8.84. The first-order valence-corrected chi connectivity index (χ1v) is 8.84. The molecule has 0 spiro atoms. The Kier molecular flexibility index (Phi) is 8.47. The van der Waals surface area contributed by atoms with Crippen molar-refractivity contribution in [1.82, 2.24) is 10.2 Å². The highest BCUT2D eigenvalue weighted by molar-refractivity contribution is 5.95. The molecule has 0 radical (unpaired) electrons. The second kappa shape index (κ2) is 10.1. The van der Waals surface area contributed by atoms with Crippen LogP contribution < -0.4 is 10.6 Å². The van der Waals surface area contributed by atoms with Crippen LogP contribution in [0.1, 0.15) is 52.5 Å². The molecular weight excluding hydrogens is 302 g/mol. The number of nitrogens with zero attached hydrogens (tertiary/aromatic N) is 1. The van der Waals surface area contributed by atoms with Gasteiger partial charge < -0.3 is 10.6 Å². The maximum absolute atomic E-state index is 12.6. The Morgan fingerprint density at radius 2 is 1.79 bits per heavy atom. The minimum atomic E-state index is -0.373. The molecule has 0 bridgehead atoms. The maximum atomic E-state index is 12.6. The fourth-order valence-corrected chi connectivity index (χ4v) is 2.62. The van der Waals surface area contributed by atoms with E-state index >= 15 is 0 Å². The summed E-state index contributed by atoms with van der Waals surface area (Å²) in [5.41, 5.74) is 2.00. The van der Waals surface area contributed by atoms with Gasteiger partial charge in [-0.05, 0) is 44.4 Å². The van der Waals surface area contributed by atoms with Crippen molar-refractivity contribution in [1.29, 1.82) is 0 Å². The predicted molar refractivity (Wildman–Crippen MR) is 99.2 cm³/mol. The van der Waals surface area contributed by atoms with Crippen molar-refractivity contribution in [2.75, 3.05) is 25.0 Å². The molecule has 0 aromatic heterocycles. The van der Waals surface area contributed by atoms with E-state index in [1.54, 1.807) is 0 Å². The quantitative estimate of drug-likeness (QED) is 0.730. The van der Waals surface area contributed by atoms with Gasteiger partial charge in [-0.1, -0.05) is 39.0 Å². The number of likely N-dealkylation sites (N-methyl/N-ethyl adjacent to an activating group) is 2. The topological polar surface area (TPSA) is 61.4 Å². The zero-order chi connectivity index (χ0) is 18.1. The third kappa shape index (κ3) is 5.64. The Labute approximate surface area is 145 Å². The first kappa shape index (κ1) is 20.2. The number of carbonyl (C=O) groups is 2. The average Bonchev–Trinajstić information content (AvgIpc) is 2.59. The Morgan fingerprint density at radius 3 is 2.38 bits per heavy atom. The largest absolute Gasteiger partial charge is 0.355 e. The number of nitrogens with one attached hydrogen (secondary N) is 2. The van der Waals surface area contributed by atoms with Gasteiger partial charge in [0, 0.05) is 12.2 Å². The summed E-state index contributed by atoms with van der Waals surface area (Å²) in [6.45, 7) is 11.4. The Morgan fingerprint density at radius 1 is 1.12 bits per heavy atom. The van der Waals surface area contributed by atoms with Gasteiger partial charge in [-0.3, -0.25) is 14.5 Å². The molecule has 2 N–H and O–H groups in total. The fraction of sp³-hybridized carbons (Fsp3) is 0.579. The van der Waals surface area contributed by atoms with E-state index in [2.05, 4.69) is 30.5 Å². The van der Waals surface area contributed by atoms with Crippen LogP contribution in [0, 0.1) is 0 Å². The third-order valence-electron chi connectivity index (χ3n) is 4.42. The van der Waals surface area contributed by atoms with E-state index < -0.39 is 0 Å². The summed E-state index contributed by atoms with van der Waals surface area (Å²) in [7, 11) is 0. The molecule has 5 nitrogen and oxygen atoms in total. The van der Waals surface area contributed by atoms with E-state index in [1.165, 1.54) is 0 Å². The molecule has 0 aliphatic heterocycles. The average molecular weight is 333 g/mol. The molecule has 2 atom stereocenters. The van der Waals surface area contributed by atoms with Gasteiger partial charge in [-0.25, -0.2) is 0 Å². The normalized spacial score (nSPS) is 13.4. The molecular formula is C19H31N3O2. The molecule has 0 saturated carbocycles. The molecule has 0 aliphatic rings. The fourth-order valence-electron chi connectivity index (χ4n) is 2.62. The zero-order valence-corrected chi connectivity index (χ0v) is 15.6. The van der Waals surface area contributed by atoms with Gasteiger partial charge in [-0.15, -0.1) is 0 Å². The molecule has 1 aromatic rings. The van der Waals surface area contributed by atoms with Crippen LogP contribution in [0.3, 0.4) is 0 Å². The minimum Gasteiger partial charge on any atom is -0.355 e. The van der Waals surface area contributed by atoms with Crippen molar-refractivity contribution in [2.45, 2.75) is 53.0 Å². The van der Waals surface area contributed by atoms with Gasteiger partial charge in [0.1, 0.15) is 0 Å². The molecule has 0 unspecified atom stereocenters. The van der Waals surface area contributed by atoms with E-state index in [1.807, 2.05) is 43.9 Å². The van der Waals surface area contributed by atoms with Gasteiger partial charge in [0.2, 0.25) is 11.8 Å². The van der Waals surface area contributed by atoms with Gasteiger partial charge in [0.25, 0.3) is 0 Å². The van der Waals surface area contributed by atoms with Gasteiger partial charge in [0.15, 0.2) is 0 Å². The molecule has 134 valence electrons. The van der Waals surface area contributed by atoms with E-state index in [9.17, 15) is 9.59 Å². The van der Waals surface area contributed by atoms with Crippen molar-refractivity contribution >= 4 is 17.5 Å². The summed E-state index contributed by atoms with van der Waals surface area (Å²) in [6, 6.07) is 7.54. The lowest BCUT2D eigenvalue weighted by atomic mass is 9.97. The van der Waals surface area contributed by atoms with Crippen LogP contribution in [0.15, 0.2) is 24.3 Å². The van der Waals surface area contributed by atoms with Crippen molar-refractivity contribution in [2.24, 2.45) is 0 Å². The smallest absolute Gasteiger partial charge is 0.241 e. The number of hydrogen-bond acceptors (Lipinski definition) is 3. The van der Waals surface area contributed by atoms with Gasteiger partial charge >= 0.3 is 0 Å². The number of rotatable bonds is 9. The Hall–Kier alpha value is -1.88. The SMILES string of the molecule is CCNC(=O)CN(CC)[C@@H](C)C(=O)Nc1ccccc1[C@@H](C)CC. The van der Waals surface area contributed by atoms with E-state index in [-0.39, 0.29) is 24.4 Å². The lowest BCUT2D eigenvalue weighted by Gasteiger charge is -2.27. The Bertz CT molecular complexity index is 545. The molecule has 5 heteroatoms. The molecule has 0 aliphatic carbocycles. The predicted octanol–water partition coefficient (Wildman–Crippen LogP) is 2.99. The molecule has 1 aromatic carbocycles. The molecule has 0 fully saturated rings. The highest BCUT2D eigenvalue weighted by atomic mass is 16.2. The van der Waals surface area contributed by atoms with Crippen molar-refractivity contribution < 1.29 is 9.59 Å². The van der Waals surface area contributed by atoms with Gasteiger partial charge in [-0.2, -0.15) is 0 Å². The van der Waals surface area contributed by atoms with Crippen LogP contribution in [0.25, 0.3) is 0 Å². The van der Waals surface area contributed by atoms with Gasteiger partial charge in [0.05, 0.1) is 12.6 Å². The summed E-state index contributed by atoms with van der Waals surface area (Å²) in [5, 5.41) is 5.81. The number of para-hydroxylation sites is 1. The number of carbonyl (C=O) groups excluding carboxylic acids is 2. The van der Waals surface area contributed by atoms with Crippen LogP contribution >= 0.6 is 0 Å². The standard InChI is InChI=1S/C19H31N3O2/c1-6-14(4)16-11-9-10-12-17(16)21-19(24)15(5)22(8-3)13-18(23)20-7-2/h9-12,14-15H,6-8,13H2,1-5H3,(H,20,23)(H,21,24)/t14-,15-/m0/s1.